The molecule has 1 saturated carbocycles. The van der Waals surface area contributed by atoms with Crippen LogP contribution in [0.5, 0.6) is 0 Å². The predicted molar refractivity (Wildman–Crippen MR) is 80.4 cm³/mol. The largest absolute Gasteiger partial charge is 0.466 e. The van der Waals surface area contributed by atoms with Crippen LogP contribution in [-0.4, -0.2) is 6.04 Å². The summed E-state index contributed by atoms with van der Waals surface area (Å²) in [5.74, 6) is 2.92. The van der Waals surface area contributed by atoms with E-state index in [1.807, 2.05) is 6.92 Å². The minimum absolute atomic E-state index is 0.385. The van der Waals surface area contributed by atoms with Gasteiger partial charge >= 0.3 is 0 Å². The number of rotatable bonds is 4. The van der Waals surface area contributed by atoms with E-state index in [1.54, 1.807) is 0 Å². The van der Waals surface area contributed by atoms with Crippen LogP contribution in [0.15, 0.2) is 10.5 Å². The van der Waals surface area contributed by atoms with Crippen LogP contribution in [0, 0.1) is 19.8 Å². The maximum Gasteiger partial charge on any atom is 0.105 e. The topological polar surface area (TPSA) is 25.2 Å². The van der Waals surface area contributed by atoms with E-state index < -0.39 is 0 Å². The van der Waals surface area contributed by atoms with Gasteiger partial charge in [0.05, 0.1) is 0 Å². The molecule has 108 valence electrons. The van der Waals surface area contributed by atoms with Gasteiger partial charge in [0.25, 0.3) is 0 Å². The van der Waals surface area contributed by atoms with Gasteiger partial charge in [-0.1, -0.05) is 25.7 Å². The number of aryl methyl sites for hydroxylation is 2. The van der Waals surface area contributed by atoms with Gasteiger partial charge in [0, 0.05) is 17.6 Å². The summed E-state index contributed by atoms with van der Waals surface area (Å²) in [5, 5.41) is 3.79. The lowest BCUT2D eigenvalue weighted by atomic mass is 9.92. The zero-order chi connectivity index (χ0) is 13.8. The van der Waals surface area contributed by atoms with Crippen molar-refractivity contribution in [1.29, 1.82) is 0 Å². The van der Waals surface area contributed by atoms with E-state index in [9.17, 15) is 0 Å². The number of hydrogen-bond acceptors (Lipinski definition) is 2. The zero-order valence-corrected chi connectivity index (χ0v) is 13.0. The quantitative estimate of drug-likeness (QED) is 0.781. The fourth-order valence-electron chi connectivity index (χ4n) is 3.51. The predicted octanol–water partition coefficient (Wildman–Crippen LogP) is 4.91. The highest BCUT2D eigenvalue weighted by Gasteiger charge is 2.22. The summed E-state index contributed by atoms with van der Waals surface area (Å²) in [4.78, 5) is 0. The zero-order valence-electron chi connectivity index (χ0n) is 13.0. The molecule has 0 bridgehead atoms. The average molecular weight is 263 g/mol. The fraction of sp³-hybridized carbons (Fsp3) is 0.765. The minimum Gasteiger partial charge on any atom is -0.466 e. The van der Waals surface area contributed by atoms with Crippen molar-refractivity contribution in [1.82, 2.24) is 5.32 Å². The molecule has 0 radical (unpaired) electrons. The van der Waals surface area contributed by atoms with Gasteiger partial charge < -0.3 is 9.73 Å². The van der Waals surface area contributed by atoms with E-state index in [0.717, 1.165) is 17.4 Å². The molecule has 2 atom stereocenters. The molecule has 2 rings (SSSR count). The van der Waals surface area contributed by atoms with Crippen molar-refractivity contribution in [2.75, 3.05) is 0 Å². The van der Waals surface area contributed by atoms with Gasteiger partial charge in [0.15, 0.2) is 0 Å². The second-order valence-corrected chi connectivity index (χ2v) is 6.30. The molecule has 1 aromatic rings. The molecule has 2 heteroatoms. The molecule has 0 aliphatic heterocycles. The van der Waals surface area contributed by atoms with Gasteiger partial charge in [-0.3, -0.25) is 0 Å². The fourth-order valence-corrected chi connectivity index (χ4v) is 3.51. The highest BCUT2D eigenvalue weighted by Crippen LogP contribution is 2.28. The van der Waals surface area contributed by atoms with Gasteiger partial charge in [-0.25, -0.2) is 0 Å². The Morgan fingerprint density at radius 2 is 1.74 bits per heavy atom. The Hall–Kier alpha value is -0.760. The molecule has 1 aromatic heterocycles. The lowest BCUT2D eigenvalue weighted by Gasteiger charge is -2.27. The molecule has 0 spiro atoms. The van der Waals surface area contributed by atoms with E-state index in [4.69, 9.17) is 4.42 Å². The first-order chi connectivity index (χ1) is 9.08. The van der Waals surface area contributed by atoms with Crippen LogP contribution in [0.2, 0.25) is 0 Å². The summed E-state index contributed by atoms with van der Waals surface area (Å²) >= 11 is 0. The molecule has 1 aliphatic rings. The standard InChI is InChI=1S/C17H29NO/c1-12-11-17(15(4)19-12)14(3)18-13(2)16-9-7-5-6-8-10-16/h11,13-14,16,18H,5-10H2,1-4H3/t13-,14?/m0/s1. The third kappa shape index (κ3) is 3.85. The second-order valence-electron chi connectivity index (χ2n) is 6.30. The Labute approximate surface area is 118 Å². The molecule has 1 heterocycles. The molecule has 1 unspecified atom stereocenters. The average Bonchev–Trinajstić information content (AvgIpc) is 2.58. The minimum atomic E-state index is 0.385. The number of nitrogens with one attached hydrogen (secondary N) is 1. The SMILES string of the molecule is Cc1cc(C(C)N[C@@H](C)C2CCCCCC2)c(C)o1. The normalized spacial score (nSPS) is 21.1. The Kier molecular flexibility index (Phi) is 5.09. The molecule has 19 heavy (non-hydrogen) atoms. The molecular formula is C17H29NO. The van der Waals surface area contributed by atoms with Crippen LogP contribution < -0.4 is 5.32 Å². The van der Waals surface area contributed by atoms with Crippen LogP contribution in [0.25, 0.3) is 0 Å². The summed E-state index contributed by atoms with van der Waals surface area (Å²) in [6.07, 6.45) is 8.47. The lowest BCUT2D eigenvalue weighted by Crippen LogP contribution is -2.35. The van der Waals surface area contributed by atoms with E-state index in [1.165, 1.54) is 44.1 Å². The van der Waals surface area contributed by atoms with Gasteiger partial charge in [-0.2, -0.15) is 0 Å². The monoisotopic (exact) mass is 263 g/mol. The molecule has 0 saturated heterocycles. The summed E-state index contributed by atoms with van der Waals surface area (Å²) in [5.41, 5.74) is 1.32. The van der Waals surface area contributed by atoms with Crippen molar-refractivity contribution in [3.63, 3.8) is 0 Å². The van der Waals surface area contributed by atoms with Crippen molar-refractivity contribution < 1.29 is 4.42 Å². The maximum absolute atomic E-state index is 5.64. The highest BCUT2D eigenvalue weighted by atomic mass is 16.3. The highest BCUT2D eigenvalue weighted by molar-refractivity contribution is 5.23. The van der Waals surface area contributed by atoms with Crippen molar-refractivity contribution in [2.45, 2.75) is 78.3 Å². The lowest BCUT2D eigenvalue weighted by molar-refractivity contribution is 0.315. The molecule has 1 aliphatic carbocycles. The molecule has 0 aromatic carbocycles. The molecule has 1 fully saturated rings. The van der Waals surface area contributed by atoms with Crippen molar-refractivity contribution in [2.24, 2.45) is 5.92 Å². The van der Waals surface area contributed by atoms with Gasteiger partial charge in [-0.05, 0) is 52.5 Å². The van der Waals surface area contributed by atoms with Crippen LogP contribution >= 0.6 is 0 Å². The number of hydrogen-bond donors (Lipinski definition) is 1. The Morgan fingerprint density at radius 1 is 1.11 bits per heavy atom. The summed E-state index contributed by atoms with van der Waals surface area (Å²) in [6.45, 7) is 8.70. The first kappa shape index (κ1) is 14.6. The molecule has 2 nitrogen and oxygen atoms in total. The van der Waals surface area contributed by atoms with E-state index in [2.05, 4.69) is 32.2 Å². The van der Waals surface area contributed by atoms with Crippen molar-refractivity contribution >= 4 is 0 Å². The van der Waals surface area contributed by atoms with E-state index >= 15 is 0 Å². The van der Waals surface area contributed by atoms with E-state index in [0.29, 0.717) is 12.1 Å². The number of furan rings is 1. The summed E-state index contributed by atoms with van der Waals surface area (Å²) in [7, 11) is 0. The van der Waals surface area contributed by atoms with Crippen molar-refractivity contribution in [3.05, 3.63) is 23.2 Å². The van der Waals surface area contributed by atoms with Crippen LogP contribution in [0.1, 0.15) is 75.5 Å². The third-order valence-corrected chi connectivity index (χ3v) is 4.67. The first-order valence-electron chi connectivity index (χ1n) is 7.91. The van der Waals surface area contributed by atoms with Gasteiger partial charge in [-0.15, -0.1) is 0 Å². The summed E-state index contributed by atoms with van der Waals surface area (Å²) in [6, 6.07) is 3.16. The Balaban J connectivity index is 1.93. The second kappa shape index (κ2) is 6.60. The maximum atomic E-state index is 5.64. The first-order valence-corrected chi connectivity index (χ1v) is 7.91. The third-order valence-electron chi connectivity index (χ3n) is 4.67. The van der Waals surface area contributed by atoms with Crippen LogP contribution in [0.4, 0.5) is 0 Å². The van der Waals surface area contributed by atoms with Crippen molar-refractivity contribution in [3.8, 4) is 0 Å². The van der Waals surface area contributed by atoms with E-state index in [-0.39, 0.29) is 0 Å². The molecular weight excluding hydrogens is 234 g/mol. The van der Waals surface area contributed by atoms with Gasteiger partial charge in [0.1, 0.15) is 11.5 Å². The van der Waals surface area contributed by atoms with Crippen LogP contribution in [0.3, 0.4) is 0 Å². The summed E-state index contributed by atoms with van der Waals surface area (Å²) < 4.78 is 5.64. The smallest absolute Gasteiger partial charge is 0.105 e. The Morgan fingerprint density at radius 3 is 2.26 bits per heavy atom. The molecule has 1 N–H and O–H groups in total. The van der Waals surface area contributed by atoms with Crippen LogP contribution in [-0.2, 0) is 0 Å². The molecule has 0 amide bonds. The Bertz CT molecular complexity index is 388. The van der Waals surface area contributed by atoms with Gasteiger partial charge in [0.2, 0.25) is 0 Å².